The van der Waals surface area contributed by atoms with Crippen molar-refractivity contribution < 1.29 is 22.7 Å². The summed E-state index contributed by atoms with van der Waals surface area (Å²) in [4.78, 5) is 21.2. The Bertz CT molecular complexity index is 1020. The lowest BCUT2D eigenvalue weighted by Gasteiger charge is -2.50. The highest BCUT2D eigenvalue weighted by molar-refractivity contribution is 5.94. The number of hydrogen-bond acceptors (Lipinski definition) is 4. The first-order chi connectivity index (χ1) is 15.4. The van der Waals surface area contributed by atoms with Gasteiger partial charge in [-0.05, 0) is 49.9 Å². The lowest BCUT2D eigenvalue weighted by molar-refractivity contribution is -0.179. The van der Waals surface area contributed by atoms with E-state index in [9.17, 15) is 18.0 Å². The minimum Gasteiger partial charge on any atom is -0.365 e. The molecule has 5 nitrogen and oxygen atoms in total. The van der Waals surface area contributed by atoms with Crippen molar-refractivity contribution in [2.45, 2.75) is 43.3 Å². The Hall–Kier alpha value is -2.45. The minimum atomic E-state index is -0.836. The molecule has 2 aliphatic heterocycles. The van der Waals surface area contributed by atoms with Gasteiger partial charge in [0.25, 0.3) is 5.91 Å². The summed E-state index contributed by atoms with van der Waals surface area (Å²) in [5.74, 6) is -2.23. The molecule has 0 radical (unpaired) electrons. The number of amides is 1. The van der Waals surface area contributed by atoms with Gasteiger partial charge in [-0.3, -0.25) is 9.78 Å². The van der Waals surface area contributed by atoms with E-state index in [1.807, 2.05) is 0 Å². The maximum Gasteiger partial charge on any atom is 0.257 e. The van der Waals surface area contributed by atoms with Crippen molar-refractivity contribution in [1.82, 2.24) is 14.8 Å². The largest absolute Gasteiger partial charge is 0.365 e. The summed E-state index contributed by atoms with van der Waals surface area (Å²) in [6, 6.07) is 6.09. The zero-order valence-corrected chi connectivity index (χ0v) is 17.8. The number of pyridine rings is 1. The summed E-state index contributed by atoms with van der Waals surface area (Å²) in [5.41, 5.74) is -0.442. The number of nitrogens with zero attached hydrogens (tertiary/aromatic N) is 3. The van der Waals surface area contributed by atoms with E-state index in [2.05, 4.69) is 9.88 Å². The molecule has 1 amide bonds. The molecule has 2 saturated heterocycles. The summed E-state index contributed by atoms with van der Waals surface area (Å²) in [5, 5.41) is 0. The molecule has 1 saturated carbocycles. The Balaban J connectivity index is 1.25. The van der Waals surface area contributed by atoms with Gasteiger partial charge in [0.15, 0.2) is 0 Å². The topological polar surface area (TPSA) is 45.7 Å². The maximum atomic E-state index is 14.2. The molecule has 0 unspecified atom stereocenters. The number of benzene rings is 1. The van der Waals surface area contributed by atoms with Gasteiger partial charge in [-0.25, -0.2) is 13.2 Å². The predicted molar refractivity (Wildman–Crippen MR) is 112 cm³/mol. The molecule has 3 aliphatic rings. The van der Waals surface area contributed by atoms with Crippen LogP contribution >= 0.6 is 0 Å². The van der Waals surface area contributed by atoms with Crippen LogP contribution in [0.4, 0.5) is 13.2 Å². The number of hydrogen-bond donors (Lipinski definition) is 0. The van der Waals surface area contributed by atoms with Crippen molar-refractivity contribution in [3.05, 3.63) is 65.2 Å². The first-order valence-corrected chi connectivity index (χ1v) is 11.1. The molecule has 3 fully saturated rings. The van der Waals surface area contributed by atoms with Crippen molar-refractivity contribution in [1.29, 1.82) is 0 Å². The van der Waals surface area contributed by atoms with Crippen molar-refractivity contribution >= 4 is 5.91 Å². The zero-order valence-electron chi connectivity index (χ0n) is 17.8. The van der Waals surface area contributed by atoms with Crippen LogP contribution < -0.4 is 0 Å². The Kier molecular flexibility index (Phi) is 5.45. The summed E-state index contributed by atoms with van der Waals surface area (Å²) in [6.45, 7) is 3.09. The van der Waals surface area contributed by atoms with Gasteiger partial charge in [-0.15, -0.1) is 0 Å². The van der Waals surface area contributed by atoms with Crippen LogP contribution in [0.5, 0.6) is 0 Å². The highest BCUT2D eigenvalue weighted by atomic mass is 19.1. The summed E-state index contributed by atoms with van der Waals surface area (Å²) in [6.07, 6.45) is 5.40. The fourth-order valence-corrected chi connectivity index (χ4v) is 4.96. The predicted octanol–water partition coefficient (Wildman–Crippen LogP) is 3.58. The monoisotopic (exact) mass is 445 g/mol. The third-order valence-corrected chi connectivity index (χ3v) is 6.91. The average molecular weight is 445 g/mol. The fraction of sp³-hybridized carbons (Fsp3) is 0.500. The molecule has 5 rings (SSSR count). The van der Waals surface area contributed by atoms with Gasteiger partial charge < -0.3 is 14.5 Å². The number of ether oxygens (including phenoxy) is 1. The van der Waals surface area contributed by atoms with Gasteiger partial charge in [-0.2, -0.15) is 0 Å². The summed E-state index contributed by atoms with van der Waals surface area (Å²) >= 11 is 0. The smallest absolute Gasteiger partial charge is 0.257 e. The average Bonchev–Trinajstić information content (AvgIpc) is 3.51. The van der Waals surface area contributed by atoms with Crippen LogP contribution in [0.1, 0.15) is 41.7 Å². The van der Waals surface area contributed by atoms with Crippen LogP contribution in [0.15, 0.2) is 36.5 Å². The van der Waals surface area contributed by atoms with Crippen LogP contribution in [0.2, 0.25) is 0 Å². The molecular weight excluding hydrogens is 419 g/mol. The lowest BCUT2D eigenvalue weighted by Crippen LogP contribution is -2.61. The third-order valence-electron chi connectivity index (χ3n) is 6.91. The number of aromatic nitrogens is 1. The van der Waals surface area contributed by atoms with Gasteiger partial charge in [0.1, 0.15) is 17.5 Å². The number of morpholine rings is 1. The van der Waals surface area contributed by atoms with Crippen molar-refractivity contribution in [3.63, 3.8) is 0 Å². The van der Waals surface area contributed by atoms with Crippen molar-refractivity contribution in [2.75, 3.05) is 32.7 Å². The molecule has 1 aromatic heterocycles. The molecule has 3 heterocycles. The van der Waals surface area contributed by atoms with Crippen molar-refractivity contribution in [3.8, 4) is 0 Å². The second-order valence-corrected chi connectivity index (χ2v) is 9.28. The van der Waals surface area contributed by atoms with Crippen LogP contribution in [0.25, 0.3) is 0 Å². The summed E-state index contributed by atoms with van der Waals surface area (Å²) < 4.78 is 47.9. The quantitative estimate of drug-likeness (QED) is 0.722. The normalized spacial score (nSPS) is 21.8. The van der Waals surface area contributed by atoms with E-state index < -0.39 is 23.1 Å². The molecule has 1 aromatic carbocycles. The van der Waals surface area contributed by atoms with E-state index >= 15 is 0 Å². The second kappa shape index (κ2) is 8.15. The van der Waals surface area contributed by atoms with E-state index in [0.717, 1.165) is 50.9 Å². The number of carbonyl (C=O) groups is 1. The number of rotatable bonds is 4. The van der Waals surface area contributed by atoms with Gasteiger partial charge in [0.2, 0.25) is 0 Å². The SMILES string of the molecule is O=C(c1ccc(F)cc1F)N1CC2(CCN(CCc3ncccc3F)CC2)OC2(CC2)C1. The number of likely N-dealkylation sites (tertiary alicyclic amines) is 1. The molecule has 32 heavy (non-hydrogen) atoms. The van der Waals surface area contributed by atoms with E-state index in [0.29, 0.717) is 31.7 Å². The molecule has 2 spiro atoms. The minimum absolute atomic E-state index is 0.103. The molecule has 170 valence electrons. The number of carbonyl (C=O) groups excluding carboxylic acids is 1. The molecule has 0 atom stereocenters. The molecule has 0 N–H and O–H groups in total. The van der Waals surface area contributed by atoms with Gasteiger partial charge in [-0.1, -0.05) is 0 Å². The number of piperidine rings is 1. The van der Waals surface area contributed by atoms with E-state index in [1.165, 1.54) is 12.1 Å². The Labute approximate surface area is 185 Å². The number of halogens is 3. The molecular formula is C24H26F3N3O2. The Morgan fingerprint density at radius 1 is 1.00 bits per heavy atom. The Morgan fingerprint density at radius 3 is 2.38 bits per heavy atom. The maximum absolute atomic E-state index is 14.2. The van der Waals surface area contributed by atoms with E-state index in [-0.39, 0.29) is 17.0 Å². The first kappa shape index (κ1) is 21.4. The summed E-state index contributed by atoms with van der Waals surface area (Å²) in [7, 11) is 0. The standard InChI is InChI=1S/C24H26F3N3O2/c25-17-3-4-18(20(27)14-17)22(31)30-15-23(6-7-23)32-24(16-30)8-12-29(13-9-24)11-5-21-19(26)2-1-10-28-21/h1-4,10,14H,5-9,11-13,15-16H2. The Morgan fingerprint density at radius 2 is 1.72 bits per heavy atom. The van der Waals surface area contributed by atoms with Crippen molar-refractivity contribution in [2.24, 2.45) is 0 Å². The van der Waals surface area contributed by atoms with Gasteiger partial charge >= 0.3 is 0 Å². The molecule has 8 heteroatoms. The van der Waals surface area contributed by atoms with Gasteiger partial charge in [0.05, 0.1) is 35.5 Å². The fourth-order valence-electron chi connectivity index (χ4n) is 4.96. The van der Waals surface area contributed by atoms with E-state index in [1.54, 1.807) is 17.2 Å². The highest BCUT2D eigenvalue weighted by Gasteiger charge is 2.56. The molecule has 0 bridgehead atoms. The highest BCUT2D eigenvalue weighted by Crippen LogP contribution is 2.49. The molecule has 2 aromatic rings. The van der Waals surface area contributed by atoms with Gasteiger partial charge in [0, 0.05) is 38.3 Å². The molecule has 1 aliphatic carbocycles. The second-order valence-electron chi connectivity index (χ2n) is 9.28. The lowest BCUT2D eigenvalue weighted by atomic mass is 9.87. The van der Waals surface area contributed by atoms with E-state index in [4.69, 9.17) is 4.74 Å². The van der Waals surface area contributed by atoms with Crippen LogP contribution in [-0.2, 0) is 11.2 Å². The third kappa shape index (κ3) is 4.26. The van der Waals surface area contributed by atoms with Crippen LogP contribution in [0.3, 0.4) is 0 Å². The zero-order chi connectivity index (χ0) is 22.3. The van der Waals surface area contributed by atoms with Crippen LogP contribution in [-0.4, -0.2) is 64.6 Å². The van der Waals surface area contributed by atoms with Crippen LogP contribution in [0, 0.1) is 17.5 Å². The first-order valence-electron chi connectivity index (χ1n) is 11.1.